The summed E-state index contributed by atoms with van der Waals surface area (Å²) in [6.45, 7) is 2.80. The second-order valence-electron chi connectivity index (χ2n) is 4.39. The number of halogens is 1. The third-order valence-corrected chi connectivity index (χ3v) is 3.92. The van der Waals surface area contributed by atoms with Crippen molar-refractivity contribution in [3.05, 3.63) is 45.7 Å². The van der Waals surface area contributed by atoms with E-state index in [1.807, 2.05) is 6.92 Å². The van der Waals surface area contributed by atoms with Crippen LogP contribution in [0, 0.1) is 12.7 Å². The first-order valence-corrected chi connectivity index (χ1v) is 7.07. The number of rotatable bonds is 6. The minimum absolute atomic E-state index is 0.135. The number of aromatic nitrogens is 1. The summed E-state index contributed by atoms with van der Waals surface area (Å²) in [5.41, 5.74) is 3.39. The van der Waals surface area contributed by atoms with Crippen LogP contribution in [0.25, 0.3) is 0 Å². The summed E-state index contributed by atoms with van der Waals surface area (Å²) in [6.07, 6.45) is 0.785. The van der Waals surface area contributed by atoms with Crippen LogP contribution in [0.1, 0.15) is 16.1 Å². The number of thiazole rings is 1. The van der Waals surface area contributed by atoms with Gasteiger partial charge in [0, 0.05) is 16.8 Å². The van der Waals surface area contributed by atoms with Crippen LogP contribution in [0.4, 0.5) is 4.39 Å². The minimum Gasteiger partial charge on any atom is -0.423 e. The fourth-order valence-electron chi connectivity index (χ4n) is 1.80. The van der Waals surface area contributed by atoms with E-state index in [1.54, 1.807) is 22.9 Å². The number of hydrogen-bond donors (Lipinski definition) is 2. The van der Waals surface area contributed by atoms with Gasteiger partial charge in [0.15, 0.2) is 0 Å². The molecule has 1 heterocycles. The maximum atomic E-state index is 13.3. The molecule has 0 aliphatic rings. The Morgan fingerprint density at radius 3 is 2.85 bits per heavy atom. The van der Waals surface area contributed by atoms with E-state index in [0.29, 0.717) is 18.8 Å². The highest BCUT2D eigenvalue weighted by Gasteiger charge is 2.16. The highest BCUT2D eigenvalue weighted by Crippen LogP contribution is 2.13. The van der Waals surface area contributed by atoms with Crippen LogP contribution in [0.5, 0.6) is 0 Å². The van der Waals surface area contributed by atoms with Gasteiger partial charge in [-0.2, -0.15) is 0 Å². The van der Waals surface area contributed by atoms with Crippen molar-refractivity contribution in [2.24, 2.45) is 0 Å². The van der Waals surface area contributed by atoms with E-state index in [-0.39, 0.29) is 5.46 Å². The van der Waals surface area contributed by atoms with Crippen LogP contribution >= 0.6 is 11.3 Å². The molecule has 0 radical (unpaired) electrons. The molecule has 4 nitrogen and oxygen atoms in total. The summed E-state index contributed by atoms with van der Waals surface area (Å²) in [6, 6.07) is 4.18. The first-order chi connectivity index (χ1) is 9.58. The van der Waals surface area contributed by atoms with E-state index in [0.717, 1.165) is 12.1 Å². The van der Waals surface area contributed by atoms with Crippen molar-refractivity contribution in [2.75, 3.05) is 6.61 Å². The molecule has 0 aliphatic carbocycles. The van der Waals surface area contributed by atoms with Gasteiger partial charge in [0.1, 0.15) is 5.82 Å². The third kappa shape index (κ3) is 3.86. The maximum Gasteiger partial charge on any atom is 0.491 e. The van der Waals surface area contributed by atoms with Gasteiger partial charge < -0.3 is 14.8 Å². The van der Waals surface area contributed by atoms with Crippen molar-refractivity contribution in [3.63, 3.8) is 0 Å². The van der Waals surface area contributed by atoms with Crippen molar-refractivity contribution in [3.8, 4) is 0 Å². The van der Waals surface area contributed by atoms with Crippen molar-refractivity contribution in [1.82, 2.24) is 4.98 Å². The molecule has 0 bridgehead atoms. The number of benzene rings is 1. The van der Waals surface area contributed by atoms with Crippen molar-refractivity contribution in [2.45, 2.75) is 20.0 Å². The van der Waals surface area contributed by atoms with Crippen LogP contribution in [-0.2, 0) is 17.8 Å². The number of ether oxygens (including phenoxy) is 1. The maximum absolute atomic E-state index is 13.3. The summed E-state index contributed by atoms with van der Waals surface area (Å²) in [5, 5.41) is 18.1. The smallest absolute Gasteiger partial charge is 0.423 e. The minimum atomic E-state index is -1.81. The molecule has 20 heavy (non-hydrogen) atoms. The van der Waals surface area contributed by atoms with Crippen molar-refractivity contribution in [1.29, 1.82) is 0 Å². The Hall–Kier alpha value is -1.28. The van der Waals surface area contributed by atoms with Gasteiger partial charge in [-0.25, -0.2) is 9.37 Å². The lowest BCUT2D eigenvalue weighted by Crippen LogP contribution is -2.33. The molecule has 2 aromatic rings. The van der Waals surface area contributed by atoms with Crippen LogP contribution < -0.4 is 5.46 Å². The Bertz CT molecular complexity index is 576. The standard InChI is InChI=1S/C13H15BFNO3S/c1-9-13(20-8-16-9)4-5-19-7-10-2-3-12(15)11(6-10)14(17)18/h2-3,6,8,17-18H,4-5,7H2,1H3. The van der Waals surface area contributed by atoms with Crippen LogP contribution in [0.3, 0.4) is 0 Å². The van der Waals surface area contributed by atoms with E-state index in [2.05, 4.69) is 4.98 Å². The largest absolute Gasteiger partial charge is 0.491 e. The van der Waals surface area contributed by atoms with Gasteiger partial charge in [-0.05, 0) is 18.6 Å². The first kappa shape index (κ1) is 15.1. The molecular formula is C13H15BFNO3S. The topological polar surface area (TPSA) is 62.6 Å². The van der Waals surface area contributed by atoms with Gasteiger partial charge in [-0.3, -0.25) is 0 Å². The molecule has 0 aliphatic heterocycles. The average Bonchev–Trinajstić information content (AvgIpc) is 2.82. The third-order valence-electron chi connectivity index (χ3n) is 2.93. The fraction of sp³-hybridized carbons (Fsp3) is 0.308. The number of nitrogens with zero attached hydrogens (tertiary/aromatic N) is 1. The molecule has 0 fully saturated rings. The van der Waals surface area contributed by atoms with E-state index >= 15 is 0 Å². The van der Waals surface area contributed by atoms with Gasteiger partial charge in [0.05, 0.1) is 24.4 Å². The van der Waals surface area contributed by atoms with Crippen LogP contribution in [0.2, 0.25) is 0 Å². The molecule has 0 unspecified atom stereocenters. The first-order valence-electron chi connectivity index (χ1n) is 6.19. The predicted molar refractivity (Wildman–Crippen MR) is 76.4 cm³/mol. The Morgan fingerprint density at radius 1 is 1.40 bits per heavy atom. The van der Waals surface area contributed by atoms with E-state index in [4.69, 9.17) is 14.8 Å². The summed E-state index contributed by atoms with van der Waals surface area (Å²) in [7, 11) is -1.81. The van der Waals surface area contributed by atoms with Gasteiger partial charge in [-0.15, -0.1) is 11.3 Å². The molecule has 0 saturated heterocycles. The highest BCUT2D eigenvalue weighted by atomic mass is 32.1. The van der Waals surface area contributed by atoms with Crippen LogP contribution in [-0.4, -0.2) is 28.8 Å². The molecule has 2 N–H and O–H groups in total. The van der Waals surface area contributed by atoms with Gasteiger partial charge in [0.25, 0.3) is 0 Å². The second kappa shape index (κ2) is 6.94. The Kier molecular flexibility index (Phi) is 5.25. The summed E-state index contributed by atoms with van der Waals surface area (Å²) < 4.78 is 18.8. The normalized spacial score (nSPS) is 10.8. The van der Waals surface area contributed by atoms with Crippen LogP contribution in [0.15, 0.2) is 23.7 Å². The molecule has 106 valence electrons. The fourth-order valence-corrected chi connectivity index (χ4v) is 2.56. The monoisotopic (exact) mass is 295 g/mol. The van der Waals surface area contributed by atoms with Crippen molar-refractivity contribution >= 4 is 23.9 Å². The Morgan fingerprint density at radius 2 is 2.20 bits per heavy atom. The quantitative estimate of drug-likeness (QED) is 0.617. The zero-order valence-corrected chi connectivity index (χ0v) is 11.9. The van der Waals surface area contributed by atoms with E-state index < -0.39 is 12.9 Å². The van der Waals surface area contributed by atoms with Gasteiger partial charge in [0.2, 0.25) is 0 Å². The zero-order chi connectivity index (χ0) is 14.5. The van der Waals surface area contributed by atoms with E-state index in [9.17, 15) is 4.39 Å². The average molecular weight is 295 g/mol. The van der Waals surface area contributed by atoms with E-state index in [1.165, 1.54) is 17.0 Å². The molecule has 0 saturated carbocycles. The Balaban J connectivity index is 1.85. The van der Waals surface area contributed by atoms with Crippen molar-refractivity contribution < 1.29 is 19.2 Å². The summed E-state index contributed by atoms with van der Waals surface area (Å²) in [4.78, 5) is 5.35. The molecule has 2 rings (SSSR count). The molecule has 1 aromatic heterocycles. The highest BCUT2D eigenvalue weighted by molar-refractivity contribution is 7.09. The molecular weight excluding hydrogens is 280 g/mol. The molecule has 0 spiro atoms. The SMILES string of the molecule is Cc1ncsc1CCOCc1ccc(F)c(B(O)O)c1. The lowest BCUT2D eigenvalue weighted by molar-refractivity contribution is 0.124. The second-order valence-corrected chi connectivity index (χ2v) is 5.33. The number of aryl methyl sites for hydroxylation is 1. The summed E-state index contributed by atoms with van der Waals surface area (Å²) in [5.74, 6) is -0.635. The predicted octanol–water partition coefficient (Wildman–Crippen LogP) is 1.03. The molecule has 0 atom stereocenters. The lowest BCUT2D eigenvalue weighted by atomic mass is 9.79. The molecule has 1 aromatic carbocycles. The van der Waals surface area contributed by atoms with Gasteiger partial charge in [-0.1, -0.05) is 12.1 Å². The Labute approximate surface area is 121 Å². The lowest BCUT2D eigenvalue weighted by Gasteiger charge is -2.07. The van der Waals surface area contributed by atoms with Gasteiger partial charge >= 0.3 is 7.12 Å². The molecule has 0 amide bonds. The number of hydrogen-bond acceptors (Lipinski definition) is 5. The molecule has 7 heteroatoms. The zero-order valence-electron chi connectivity index (χ0n) is 11.0. The summed E-state index contributed by atoms with van der Waals surface area (Å²) >= 11 is 1.60.